The molecule has 2 aliphatic heterocycles. The summed E-state index contributed by atoms with van der Waals surface area (Å²) in [5.74, 6) is 0.498. The molecule has 0 bridgehead atoms. The van der Waals surface area contributed by atoms with E-state index in [4.69, 9.17) is 4.74 Å². The van der Waals surface area contributed by atoms with Crippen LogP contribution in [0.25, 0.3) is 0 Å². The van der Waals surface area contributed by atoms with Crippen LogP contribution in [0.3, 0.4) is 0 Å². The van der Waals surface area contributed by atoms with Crippen molar-refractivity contribution >= 4 is 5.91 Å². The minimum atomic E-state index is 0.114. The third-order valence-corrected chi connectivity index (χ3v) is 4.97. The van der Waals surface area contributed by atoms with Crippen molar-refractivity contribution in [1.29, 1.82) is 0 Å². The number of nitrogens with one attached hydrogen (secondary N) is 1. The van der Waals surface area contributed by atoms with Crippen molar-refractivity contribution in [3.05, 3.63) is 59.9 Å². The lowest BCUT2D eigenvalue weighted by Crippen LogP contribution is -2.37. The summed E-state index contributed by atoms with van der Waals surface area (Å²) in [6.45, 7) is 4.91. The summed E-state index contributed by atoms with van der Waals surface area (Å²) >= 11 is 0. The van der Waals surface area contributed by atoms with E-state index in [-0.39, 0.29) is 12.0 Å². The molecule has 2 fully saturated rings. The number of rotatable bonds is 3. The fourth-order valence-electron chi connectivity index (χ4n) is 3.76. The third-order valence-electron chi connectivity index (χ3n) is 4.97. The van der Waals surface area contributed by atoms with Gasteiger partial charge in [-0.3, -0.25) is 9.69 Å². The highest BCUT2D eigenvalue weighted by atomic mass is 16.5. The van der Waals surface area contributed by atoms with Gasteiger partial charge in [0.2, 0.25) is 0 Å². The number of benzene rings is 1. The highest BCUT2D eigenvalue weighted by molar-refractivity contribution is 5.94. The number of carbonyl (C=O) groups is 1. The first kappa shape index (κ1) is 15.4. The molecule has 0 spiro atoms. The zero-order chi connectivity index (χ0) is 16.4. The number of hydrogen-bond acceptors (Lipinski definition) is 3. The molecule has 5 nitrogen and oxygen atoms in total. The Hall–Kier alpha value is -2.11. The van der Waals surface area contributed by atoms with E-state index in [1.165, 1.54) is 5.69 Å². The zero-order valence-electron chi connectivity index (χ0n) is 13.7. The van der Waals surface area contributed by atoms with Crippen LogP contribution < -0.4 is 0 Å². The quantitative estimate of drug-likeness (QED) is 0.939. The summed E-state index contributed by atoms with van der Waals surface area (Å²) in [6.07, 6.45) is 2.19. The van der Waals surface area contributed by atoms with Gasteiger partial charge in [-0.15, -0.1) is 0 Å². The average Bonchev–Trinajstić information content (AvgIpc) is 3.20. The summed E-state index contributed by atoms with van der Waals surface area (Å²) in [4.78, 5) is 20.4. The molecule has 4 rings (SSSR count). The van der Waals surface area contributed by atoms with Gasteiger partial charge in [0.25, 0.3) is 5.91 Å². The third kappa shape index (κ3) is 3.23. The van der Waals surface area contributed by atoms with Gasteiger partial charge >= 0.3 is 0 Å². The minimum absolute atomic E-state index is 0.114. The van der Waals surface area contributed by atoms with Gasteiger partial charge < -0.3 is 14.6 Å². The molecule has 5 heteroatoms. The number of aromatic amines is 1. The molecule has 2 atom stereocenters. The lowest BCUT2D eigenvalue weighted by molar-refractivity contribution is 0.0500. The number of fused-ring (bicyclic) bond motifs is 1. The summed E-state index contributed by atoms with van der Waals surface area (Å²) in [6, 6.07) is 13.7. The van der Waals surface area contributed by atoms with Crippen LogP contribution in [-0.2, 0) is 11.3 Å². The van der Waals surface area contributed by atoms with Crippen molar-refractivity contribution in [3.8, 4) is 0 Å². The number of carbonyl (C=O) groups excluding carboxylic acids is 1. The minimum Gasteiger partial charge on any atom is -0.375 e. The van der Waals surface area contributed by atoms with E-state index in [1.807, 2.05) is 47.5 Å². The van der Waals surface area contributed by atoms with Gasteiger partial charge in [-0.05, 0) is 24.3 Å². The second-order valence-corrected chi connectivity index (χ2v) is 6.68. The monoisotopic (exact) mass is 325 g/mol. The molecule has 1 aromatic heterocycles. The molecular formula is C19H23N3O2. The van der Waals surface area contributed by atoms with E-state index in [2.05, 4.69) is 16.0 Å². The van der Waals surface area contributed by atoms with Crippen molar-refractivity contribution < 1.29 is 9.53 Å². The van der Waals surface area contributed by atoms with Crippen molar-refractivity contribution in [2.24, 2.45) is 5.92 Å². The second-order valence-electron chi connectivity index (χ2n) is 6.68. The maximum atomic E-state index is 12.7. The second kappa shape index (κ2) is 6.79. The molecule has 0 aliphatic carbocycles. The Labute approximate surface area is 142 Å². The van der Waals surface area contributed by atoms with E-state index in [1.54, 1.807) is 0 Å². The van der Waals surface area contributed by atoms with Gasteiger partial charge in [-0.1, -0.05) is 18.2 Å². The first-order chi connectivity index (χ1) is 11.8. The predicted molar refractivity (Wildman–Crippen MR) is 91.6 cm³/mol. The van der Waals surface area contributed by atoms with E-state index in [0.29, 0.717) is 19.1 Å². The molecule has 1 N–H and O–H groups in total. The Morgan fingerprint density at radius 2 is 2.00 bits per heavy atom. The van der Waals surface area contributed by atoms with Crippen LogP contribution >= 0.6 is 0 Å². The molecule has 2 saturated heterocycles. The molecule has 0 saturated carbocycles. The van der Waals surface area contributed by atoms with Crippen LogP contribution in [-0.4, -0.2) is 59.6 Å². The van der Waals surface area contributed by atoms with E-state index < -0.39 is 0 Å². The van der Waals surface area contributed by atoms with Crippen LogP contribution in [0.5, 0.6) is 0 Å². The molecule has 126 valence electrons. The molecule has 0 unspecified atom stereocenters. The fourth-order valence-corrected chi connectivity index (χ4v) is 3.76. The van der Waals surface area contributed by atoms with Crippen molar-refractivity contribution in [2.45, 2.75) is 12.6 Å². The van der Waals surface area contributed by atoms with E-state index in [0.717, 1.165) is 31.7 Å². The Morgan fingerprint density at radius 1 is 1.12 bits per heavy atom. The maximum Gasteiger partial charge on any atom is 0.253 e. The molecule has 0 radical (unpaired) electrons. The SMILES string of the molecule is O=C(c1ccccc1)N1CCO[C@H]2CN(Cc3ccc[nH]3)C[C@H]2C1. The Kier molecular flexibility index (Phi) is 4.36. The molecule has 24 heavy (non-hydrogen) atoms. The highest BCUT2D eigenvalue weighted by Crippen LogP contribution is 2.25. The standard InChI is InChI=1S/C19H23N3O2/c23-19(15-5-2-1-3-6-15)22-9-10-24-18-14-21(11-16(18)12-22)13-17-7-4-8-20-17/h1-8,16,18,20H,9-14H2/t16-,18-/m0/s1. The topological polar surface area (TPSA) is 48.6 Å². The van der Waals surface area contributed by atoms with E-state index in [9.17, 15) is 4.79 Å². The van der Waals surface area contributed by atoms with Crippen molar-refractivity contribution in [1.82, 2.24) is 14.8 Å². The van der Waals surface area contributed by atoms with Gasteiger partial charge in [-0.2, -0.15) is 0 Å². The van der Waals surface area contributed by atoms with Gasteiger partial charge in [0.05, 0.1) is 12.7 Å². The molecule has 2 aliphatic rings. The zero-order valence-corrected chi connectivity index (χ0v) is 13.7. The number of hydrogen-bond donors (Lipinski definition) is 1. The Morgan fingerprint density at radius 3 is 2.79 bits per heavy atom. The van der Waals surface area contributed by atoms with Crippen molar-refractivity contribution in [2.75, 3.05) is 32.8 Å². The van der Waals surface area contributed by atoms with Gasteiger partial charge in [-0.25, -0.2) is 0 Å². The molecule has 1 aromatic carbocycles. The maximum absolute atomic E-state index is 12.7. The lowest BCUT2D eigenvalue weighted by Gasteiger charge is -2.23. The molecule has 2 aromatic rings. The van der Waals surface area contributed by atoms with Crippen LogP contribution in [0.2, 0.25) is 0 Å². The number of amides is 1. The van der Waals surface area contributed by atoms with Crippen LogP contribution in [0, 0.1) is 5.92 Å². The summed E-state index contributed by atoms with van der Waals surface area (Å²) in [5, 5.41) is 0. The summed E-state index contributed by atoms with van der Waals surface area (Å²) in [5.41, 5.74) is 1.99. The van der Waals surface area contributed by atoms with E-state index >= 15 is 0 Å². The lowest BCUT2D eigenvalue weighted by atomic mass is 10.1. The van der Waals surface area contributed by atoms with Crippen LogP contribution in [0.15, 0.2) is 48.7 Å². The van der Waals surface area contributed by atoms with Gasteiger partial charge in [0, 0.05) is 56.1 Å². The highest BCUT2D eigenvalue weighted by Gasteiger charge is 2.37. The number of nitrogens with zero attached hydrogens (tertiary/aromatic N) is 2. The summed E-state index contributed by atoms with van der Waals surface area (Å²) < 4.78 is 6.05. The Balaban J connectivity index is 1.42. The number of ether oxygens (including phenoxy) is 1. The first-order valence-corrected chi connectivity index (χ1v) is 8.60. The first-order valence-electron chi connectivity index (χ1n) is 8.60. The Bertz CT molecular complexity index is 671. The largest absolute Gasteiger partial charge is 0.375 e. The number of H-pyrrole nitrogens is 1. The van der Waals surface area contributed by atoms with Gasteiger partial charge in [0.15, 0.2) is 0 Å². The van der Waals surface area contributed by atoms with Crippen molar-refractivity contribution in [3.63, 3.8) is 0 Å². The smallest absolute Gasteiger partial charge is 0.253 e. The molecule has 3 heterocycles. The normalized spacial score (nSPS) is 24.6. The number of aromatic nitrogens is 1. The average molecular weight is 325 g/mol. The summed E-state index contributed by atoms with van der Waals surface area (Å²) in [7, 11) is 0. The fraction of sp³-hybridized carbons (Fsp3) is 0.421. The molecular weight excluding hydrogens is 302 g/mol. The van der Waals surface area contributed by atoms with Crippen LogP contribution in [0.4, 0.5) is 0 Å². The van der Waals surface area contributed by atoms with Crippen LogP contribution in [0.1, 0.15) is 16.1 Å². The predicted octanol–water partition coefficient (Wildman–Crippen LogP) is 1.99. The van der Waals surface area contributed by atoms with Gasteiger partial charge in [0.1, 0.15) is 0 Å². The molecule has 1 amide bonds. The number of likely N-dealkylation sites (tertiary alicyclic amines) is 1.